The minimum atomic E-state index is 1.69. The van der Waals surface area contributed by atoms with Crippen molar-refractivity contribution < 1.29 is 15.3 Å². The second kappa shape index (κ2) is 6.53. The van der Waals surface area contributed by atoms with Crippen LogP contribution in [0.5, 0.6) is 0 Å². The van der Waals surface area contributed by atoms with E-state index in [1.54, 1.807) is 12.3 Å². The molecule has 1 heterocycles. The van der Waals surface area contributed by atoms with Crippen molar-refractivity contribution in [3.05, 3.63) is 30.6 Å². The summed E-state index contributed by atoms with van der Waals surface area (Å²) in [5.74, 6) is 0. The number of pyridine rings is 1. The van der Waals surface area contributed by atoms with Crippen LogP contribution in [0, 0.1) is 6.20 Å². The second-order valence-electron chi connectivity index (χ2n) is 0.959. The maximum absolute atomic E-state index is 3.66. The van der Waals surface area contributed by atoms with Crippen LogP contribution in [0.2, 0.25) is 0 Å². The molecule has 0 bridgehead atoms. The molecule has 0 saturated carbocycles. The van der Waals surface area contributed by atoms with E-state index in [0.717, 1.165) is 0 Å². The van der Waals surface area contributed by atoms with Gasteiger partial charge in [0.15, 0.2) is 0 Å². The van der Waals surface area contributed by atoms with Crippen LogP contribution in [-0.4, -0.2) is 10.4 Å². The van der Waals surface area contributed by atoms with Crippen molar-refractivity contribution in [2.24, 2.45) is 0 Å². The van der Waals surface area contributed by atoms with Gasteiger partial charge in [0.2, 0.25) is 0 Å². The minimum Gasteiger partial charge on any atom is -0.394 e. The topological polar surface area (TPSA) is 12.9 Å². The molecule has 0 radical (unpaired) electrons. The third kappa shape index (κ3) is 3.71. The average molecular weight is 151 g/mol. The van der Waals surface area contributed by atoms with Crippen molar-refractivity contribution in [2.75, 3.05) is 0 Å². The SMILES string of the molecule is [CH2]=[Co].[c-]1ccccn1. The predicted molar refractivity (Wildman–Crippen MR) is 30.2 cm³/mol. The van der Waals surface area contributed by atoms with Crippen LogP contribution in [0.1, 0.15) is 0 Å². The molecule has 2 heteroatoms. The Kier molecular flexibility index (Phi) is 6.14. The molecular weight excluding hydrogens is 145 g/mol. The minimum absolute atomic E-state index is 1.69. The van der Waals surface area contributed by atoms with Crippen molar-refractivity contribution in [3.8, 4) is 0 Å². The molecular formula is C6H6CoN-. The van der Waals surface area contributed by atoms with E-state index in [4.69, 9.17) is 0 Å². The van der Waals surface area contributed by atoms with Crippen LogP contribution in [-0.2, 0) is 15.3 Å². The summed E-state index contributed by atoms with van der Waals surface area (Å²) in [7, 11) is 0. The molecule has 0 aromatic carbocycles. The predicted octanol–water partition coefficient (Wildman–Crippen LogP) is 0.847. The molecule has 1 rings (SSSR count). The Morgan fingerprint density at radius 3 is 2.25 bits per heavy atom. The zero-order valence-electron chi connectivity index (χ0n) is 4.30. The Labute approximate surface area is 56.9 Å². The molecule has 0 aliphatic heterocycles. The van der Waals surface area contributed by atoms with E-state index in [9.17, 15) is 0 Å². The fourth-order valence-electron chi connectivity index (χ4n) is 0.277. The van der Waals surface area contributed by atoms with E-state index in [-0.39, 0.29) is 0 Å². The van der Waals surface area contributed by atoms with Crippen molar-refractivity contribution in [3.63, 3.8) is 0 Å². The van der Waals surface area contributed by atoms with Gasteiger partial charge in [0, 0.05) is 0 Å². The standard InChI is InChI=1S/C5H4N.CH2.Co/c1-2-4-6-5-3-1;;/h1-4H;1H2;/q-1;;. The molecule has 0 N–H and O–H groups in total. The summed E-state index contributed by atoms with van der Waals surface area (Å²) >= 11 is 3.31. The first-order valence-corrected chi connectivity index (χ1v) is 2.74. The van der Waals surface area contributed by atoms with Gasteiger partial charge < -0.3 is 4.98 Å². The summed E-state index contributed by atoms with van der Waals surface area (Å²) in [4.78, 5) is 3.66. The Hall–Kier alpha value is -0.474. The van der Waals surface area contributed by atoms with Gasteiger partial charge in [-0.05, 0) is 0 Å². The maximum atomic E-state index is 3.66. The number of hydrogen-bond acceptors (Lipinski definition) is 1. The molecule has 1 aromatic rings. The summed E-state index contributed by atoms with van der Waals surface area (Å²) in [6.45, 7) is 0. The van der Waals surface area contributed by atoms with Crippen molar-refractivity contribution in [1.82, 2.24) is 4.98 Å². The van der Waals surface area contributed by atoms with E-state index < -0.39 is 0 Å². The summed E-state index contributed by atoms with van der Waals surface area (Å²) < 4.78 is 0. The van der Waals surface area contributed by atoms with Crippen LogP contribution in [0.4, 0.5) is 0 Å². The number of aromatic nitrogens is 1. The molecule has 1 nitrogen and oxygen atoms in total. The van der Waals surface area contributed by atoms with Gasteiger partial charge in [-0.2, -0.15) is 18.2 Å². The Morgan fingerprint density at radius 1 is 1.38 bits per heavy atom. The molecule has 45 valence electrons. The van der Waals surface area contributed by atoms with Gasteiger partial charge in [0.1, 0.15) is 0 Å². The Balaban J connectivity index is 0.000000222. The van der Waals surface area contributed by atoms with Gasteiger partial charge in [-0.1, -0.05) is 12.4 Å². The van der Waals surface area contributed by atoms with E-state index in [2.05, 4.69) is 31.9 Å². The first kappa shape index (κ1) is 7.53. The van der Waals surface area contributed by atoms with Crippen LogP contribution in [0.15, 0.2) is 24.4 Å². The van der Waals surface area contributed by atoms with E-state index >= 15 is 0 Å². The third-order valence-electron chi connectivity index (χ3n) is 0.517. The monoisotopic (exact) mass is 151 g/mol. The normalized spacial score (nSPS) is 6.62. The molecule has 1 aromatic heterocycles. The van der Waals surface area contributed by atoms with Crippen LogP contribution < -0.4 is 0 Å². The van der Waals surface area contributed by atoms with Crippen molar-refractivity contribution in [1.29, 1.82) is 0 Å². The van der Waals surface area contributed by atoms with Crippen molar-refractivity contribution >= 4 is 5.46 Å². The molecule has 0 saturated heterocycles. The summed E-state index contributed by atoms with van der Waals surface area (Å²) in [5.41, 5.74) is 2.94. The van der Waals surface area contributed by atoms with E-state index in [1.165, 1.54) is 0 Å². The number of hydrogen-bond donors (Lipinski definition) is 0. The molecule has 0 atom stereocenters. The van der Waals surface area contributed by atoms with Crippen LogP contribution >= 0.6 is 0 Å². The summed E-state index contributed by atoms with van der Waals surface area (Å²) in [6, 6.07) is 5.50. The van der Waals surface area contributed by atoms with Crippen LogP contribution in [0.3, 0.4) is 0 Å². The second-order valence-corrected chi connectivity index (χ2v) is 0.959. The van der Waals surface area contributed by atoms with Gasteiger partial charge in [0.05, 0.1) is 0 Å². The fraction of sp³-hybridized carbons (Fsp3) is 0. The number of rotatable bonds is 0. The Bertz CT molecular complexity index is 91.4. The third-order valence-corrected chi connectivity index (χ3v) is 0.517. The summed E-state index contributed by atoms with van der Waals surface area (Å²) in [5, 5.41) is 0. The molecule has 8 heavy (non-hydrogen) atoms. The first-order chi connectivity index (χ1) is 4.00. The maximum Gasteiger partial charge on any atom is -0.0813 e. The molecule has 0 unspecified atom stereocenters. The quantitative estimate of drug-likeness (QED) is 0.501. The molecule has 0 aliphatic rings. The van der Waals surface area contributed by atoms with Gasteiger partial charge in [0.25, 0.3) is 0 Å². The van der Waals surface area contributed by atoms with Gasteiger partial charge in [-0.3, -0.25) is 0 Å². The largest absolute Gasteiger partial charge is 0.394 e. The first-order valence-electron chi connectivity index (χ1n) is 2.01. The van der Waals surface area contributed by atoms with Gasteiger partial charge >= 0.3 is 20.8 Å². The van der Waals surface area contributed by atoms with Crippen LogP contribution in [0.25, 0.3) is 0 Å². The zero-order valence-corrected chi connectivity index (χ0v) is 5.34. The number of nitrogens with zero attached hydrogens (tertiary/aromatic N) is 1. The van der Waals surface area contributed by atoms with Gasteiger partial charge in [-0.15, -0.1) is 0 Å². The van der Waals surface area contributed by atoms with E-state index in [1.807, 2.05) is 12.1 Å². The molecule has 0 spiro atoms. The average Bonchev–Trinajstić information content (AvgIpc) is 1.96. The smallest absolute Gasteiger partial charge is 0.0813 e. The molecule has 0 aliphatic carbocycles. The summed E-state index contributed by atoms with van der Waals surface area (Å²) in [6.07, 6.45) is 4.34. The fourth-order valence-corrected chi connectivity index (χ4v) is 0.277. The zero-order chi connectivity index (χ0) is 6.24. The van der Waals surface area contributed by atoms with Crippen molar-refractivity contribution in [2.45, 2.75) is 0 Å². The Morgan fingerprint density at radius 2 is 2.12 bits per heavy atom. The van der Waals surface area contributed by atoms with E-state index in [0.29, 0.717) is 0 Å². The molecule has 0 amide bonds. The van der Waals surface area contributed by atoms with Gasteiger partial charge in [-0.25, -0.2) is 0 Å². The molecule has 0 fully saturated rings.